The monoisotopic (exact) mass is 425 g/mol. The Kier molecular flexibility index (Phi) is 4.96. The number of nitrogens with zero attached hydrogens (tertiary/aromatic N) is 5. The number of ether oxygens (including phenoxy) is 1. The molecule has 11 heteroatoms. The normalized spacial score (nSPS) is 11.5. The lowest BCUT2D eigenvalue weighted by Gasteiger charge is -2.10. The molecule has 0 radical (unpaired) electrons. The van der Waals surface area contributed by atoms with E-state index in [-0.39, 0.29) is 11.0 Å². The van der Waals surface area contributed by atoms with E-state index < -0.39 is 10.0 Å². The predicted molar refractivity (Wildman–Crippen MR) is 112 cm³/mol. The highest BCUT2D eigenvalue weighted by molar-refractivity contribution is 7.92. The molecule has 0 saturated heterocycles. The summed E-state index contributed by atoms with van der Waals surface area (Å²) in [4.78, 5) is 16.8. The van der Waals surface area contributed by atoms with E-state index in [0.29, 0.717) is 40.5 Å². The van der Waals surface area contributed by atoms with Crippen molar-refractivity contribution >= 4 is 32.7 Å². The van der Waals surface area contributed by atoms with Crippen LogP contribution in [0.5, 0.6) is 5.88 Å². The van der Waals surface area contributed by atoms with Gasteiger partial charge < -0.3 is 15.0 Å². The van der Waals surface area contributed by atoms with E-state index in [9.17, 15) is 8.42 Å². The second-order valence-electron chi connectivity index (χ2n) is 6.45. The molecule has 3 heterocycles. The Bertz CT molecular complexity index is 1340. The second kappa shape index (κ2) is 7.59. The molecule has 0 aliphatic heterocycles. The van der Waals surface area contributed by atoms with Gasteiger partial charge in [-0.15, -0.1) is 0 Å². The van der Waals surface area contributed by atoms with Crippen molar-refractivity contribution in [2.45, 2.75) is 11.9 Å². The zero-order valence-electron chi connectivity index (χ0n) is 16.3. The number of sulfonamides is 1. The number of nitrogens with one attached hydrogen (secondary N) is 1. The molecule has 0 atom stereocenters. The Hall–Kier alpha value is -3.73. The van der Waals surface area contributed by atoms with Crippen LogP contribution in [0.4, 0.5) is 11.6 Å². The minimum Gasteiger partial charge on any atom is -0.476 e. The minimum absolute atomic E-state index is 0.0599. The Balaban J connectivity index is 1.71. The van der Waals surface area contributed by atoms with E-state index in [0.717, 1.165) is 0 Å². The summed E-state index contributed by atoms with van der Waals surface area (Å²) in [6, 6.07) is 10.4. The molecule has 0 aliphatic carbocycles. The molecule has 154 valence electrons. The summed E-state index contributed by atoms with van der Waals surface area (Å²) in [5.74, 6) is 0.403. The van der Waals surface area contributed by atoms with Crippen LogP contribution in [0.1, 0.15) is 6.92 Å². The first-order valence-electron chi connectivity index (χ1n) is 9.04. The van der Waals surface area contributed by atoms with E-state index in [1.165, 1.54) is 12.5 Å². The maximum Gasteiger partial charge on any atom is 0.280 e. The van der Waals surface area contributed by atoms with Gasteiger partial charge in [-0.25, -0.2) is 15.0 Å². The fourth-order valence-electron chi connectivity index (χ4n) is 2.88. The van der Waals surface area contributed by atoms with Crippen LogP contribution >= 0.6 is 0 Å². The Morgan fingerprint density at radius 2 is 2.00 bits per heavy atom. The number of aryl methyl sites for hydroxylation is 1. The van der Waals surface area contributed by atoms with Crippen LogP contribution in [0, 0.1) is 0 Å². The van der Waals surface area contributed by atoms with E-state index >= 15 is 0 Å². The lowest BCUT2D eigenvalue weighted by molar-refractivity contribution is 0.330. The smallest absolute Gasteiger partial charge is 0.280 e. The van der Waals surface area contributed by atoms with Gasteiger partial charge in [0.25, 0.3) is 10.0 Å². The first-order chi connectivity index (χ1) is 14.4. The standard InChI is InChI=1S/C19H19N7O3S/c1-3-29-18-17-15(23-19(20)24-18)8-7-14(22-17)12-5-4-6-13(9-12)25-30(27,28)16-10-26(2)11-21-16/h4-11,25H,3H2,1-2H3,(H2,20,23,24). The number of benzene rings is 1. The third kappa shape index (κ3) is 3.87. The number of pyridine rings is 1. The van der Waals surface area contributed by atoms with Gasteiger partial charge in [-0.2, -0.15) is 13.4 Å². The molecule has 0 saturated carbocycles. The molecule has 1 aromatic carbocycles. The Morgan fingerprint density at radius 3 is 2.73 bits per heavy atom. The summed E-state index contributed by atoms with van der Waals surface area (Å²) in [7, 11) is -2.10. The van der Waals surface area contributed by atoms with Crippen molar-refractivity contribution < 1.29 is 13.2 Å². The molecule has 3 N–H and O–H groups in total. The zero-order chi connectivity index (χ0) is 21.3. The number of nitrogen functional groups attached to an aromatic ring is 1. The van der Waals surface area contributed by atoms with E-state index in [1.807, 2.05) is 13.0 Å². The quantitative estimate of drug-likeness (QED) is 0.479. The number of aromatic nitrogens is 5. The maximum atomic E-state index is 12.5. The molecule has 10 nitrogen and oxygen atoms in total. The van der Waals surface area contributed by atoms with Crippen molar-refractivity contribution in [1.82, 2.24) is 24.5 Å². The highest BCUT2D eigenvalue weighted by atomic mass is 32.2. The van der Waals surface area contributed by atoms with Crippen molar-refractivity contribution in [1.29, 1.82) is 0 Å². The van der Waals surface area contributed by atoms with Crippen LogP contribution in [-0.4, -0.2) is 39.5 Å². The highest BCUT2D eigenvalue weighted by Crippen LogP contribution is 2.27. The SMILES string of the molecule is CCOc1nc(N)nc2ccc(-c3cccc(NS(=O)(=O)c4cn(C)cn4)c3)nc12. The van der Waals surface area contributed by atoms with Crippen molar-refractivity contribution in [3.05, 3.63) is 48.9 Å². The van der Waals surface area contributed by atoms with Gasteiger partial charge >= 0.3 is 0 Å². The average molecular weight is 425 g/mol. The number of rotatable bonds is 6. The molecule has 0 unspecified atom stereocenters. The Morgan fingerprint density at radius 1 is 1.17 bits per heavy atom. The lowest BCUT2D eigenvalue weighted by Crippen LogP contribution is -2.13. The van der Waals surface area contributed by atoms with Gasteiger partial charge in [0, 0.05) is 24.5 Å². The number of fused-ring (bicyclic) bond motifs is 1. The van der Waals surface area contributed by atoms with Gasteiger partial charge in [-0.05, 0) is 31.2 Å². The molecule has 0 fully saturated rings. The number of nitrogens with two attached hydrogens (primary N) is 1. The molecule has 3 aromatic heterocycles. The van der Waals surface area contributed by atoms with Gasteiger partial charge in [0.2, 0.25) is 11.8 Å². The van der Waals surface area contributed by atoms with Gasteiger partial charge in [0.05, 0.1) is 24.1 Å². The van der Waals surface area contributed by atoms with Crippen LogP contribution < -0.4 is 15.2 Å². The first kappa shape index (κ1) is 19.6. The molecule has 30 heavy (non-hydrogen) atoms. The fourth-order valence-corrected chi connectivity index (χ4v) is 3.91. The summed E-state index contributed by atoms with van der Waals surface area (Å²) >= 11 is 0. The summed E-state index contributed by atoms with van der Waals surface area (Å²) in [5, 5.41) is -0.0599. The molecular formula is C19H19N7O3S. The molecule has 4 aromatic rings. The first-order valence-corrected chi connectivity index (χ1v) is 10.5. The average Bonchev–Trinajstić information content (AvgIpc) is 3.15. The van der Waals surface area contributed by atoms with E-state index in [2.05, 4.69) is 24.7 Å². The molecular weight excluding hydrogens is 406 g/mol. The third-order valence-corrected chi connectivity index (χ3v) is 5.44. The predicted octanol–water partition coefficient (Wildman–Crippen LogP) is 2.21. The summed E-state index contributed by atoms with van der Waals surface area (Å²) in [6.07, 6.45) is 2.85. The largest absolute Gasteiger partial charge is 0.476 e. The molecule has 0 aliphatic rings. The number of hydrogen-bond donors (Lipinski definition) is 2. The van der Waals surface area contributed by atoms with Crippen molar-refractivity contribution in [2.24, 2.45) is 7.05 Å². The van der Waals surface area contributed by atoms with Crippen molar-refractivity contribution in [3.8, 4) is 17.1 Å². The minimum atomic E-state index is -3.80. The zero-order valence-corrected chi connectivity index (χ0v) is 17.1. The van der Waals surface area contributed by atoms with Gasteiger partial charge in [-0.3, -0.25) is 4.72 Å². The molecule has 0 amide bonds. The molecule has 0 spiro atoms. The molecule has 4 rings (SSSR count). The lowest BCUT2D eigenvalue weighted by atomic mass is 10.1. The summed E-state index contributed by atoms with van der Waals surface area (Å²) in [6.45, 7) is 2.24. The van der Waals surface area contributed by atoms with Crippen LogP contribution in [0.25, 0.3) is 22.3 Å². The number of hydrogen-bond acceptors (Lipinski definition) is 8. The summed E-state index contributed by atoms with van der Waals surface area (Å²) in [5.41, 5.74) is 8.46. The highest BCUT2D eigenvalue weighted by Gasteiger charge is 2.17. The van der Waals surface area contributed by atoms with Crippen molar-refractivity contribution in [3.63, 3.8) is 0 Å². The van der Waals surface area contributed by atoms with Gasteiger partial charge in [0.15, 0.2) is 10.5 Å². The van der Waals surface area contributed by atoms with Crippen LogP contribution in [0.3, 0.4) is 0 Å². The van der Waals surface area contributed by atoms with Crippen LogP contribution in [0.2, 0.25) is 0 Å². The number of imidazole rings is 1. The Labute approximate surface area is 172 Å². The second-order valence-corrected chi connectivity index (χ2v) is 8.08. The van der Waals surface area contributed by atoms with Crippen molar-refractivity contribution in [2.75, 3.05) is 17.1 Å². The van der Waals surface area contributed by atoms with Crippen LogP contribution in [-0.2, 0) is 17.1 Å². The van der Waals surface area contributed by atoms with Gasteiger partial charge in [0.1, 0.15) is 0 Å². The summed E-state index contributed by atoms with van der Waals surface area (Å²) < 4.78 is 34.7. The topological polar surface area (TPSA) is 138 Å². The van der Waals surface area contributed by atoms with Crippen LogP contribution in [0.15, 0.2) is 53.9 Å². The third-order valence-electron chi connectivity index (χ3n) is 4.18. The maximum absolute atomic E-state index is 12.5. The van der Waals surface area contributed by atoms with Gasteiger partial charge in [-0.1, -0.05) is 12.1 Å². The van der Waals surface area contributed by atoms with E-state index in [1.54, 1.807) is 41.9 Å². The number of anilines is 2. The van der Waals surface area contributed by atoms with E-state index in [4.69, 9.17) is 10.5 Å². The fraction of sp³-hybridized carbons (Fsp3) is 0.158. The molecule has 0 bridgehead atoms.